The van der Waals surface area contributed by atoms with Crippen LogP contribution in [0.4, 0.5) is 52.7 Å². The van der Waals surface area contributed by atoms with Crippen molar-refractivity contribution in [1.82, 2.24) is 0 Å². The minimum absolute atomic E-state index is 0.0489. The van der Waals surface area contributed by atoms with Gasteiger partial charge in [-0.3, -0.25) is 0 Å². The summed E-state index contributed by atoms with van der Waals surface area (Å²) >= 11 is 0. The van der Waals surface area contributed by atoms with Crippen LogP contribution >= 0.6 is 0 Å². The van der Waals surface area contributed by atoms with Crippen LogP contribution in [0.2, 0.25) is 12.1 Å². The second-order valence-corrected chi connectivity index (χ2v) is 19.8. The predicted octanol–water partition coefficient (Wildman–Crippen LogP) is 17.1. The van der Waals surface area contributed by atoms with Gasteiger partial charge in [0.25, 0.3) is 0 Å². The lowest BCUT2D eigenvalue weighted by molar-refractivity contribution is -0.144. The molecule has 0 saturated carbocycles. The first-order valence-corrected chi connectivity index (χ1v) is 23.5. The Morgan fingerprint density at radius 2 is 0.762 bits per heavy atom. The molecule has 4 aromatic carbocycles. The van der Waals surface area contributed by atoms with Crippen molar-refractivity contribution in [2.75, 3.05) is 0 Å². The molecule has 2 aliphatic rings. The van der Waals surface area contributed by atoms with Gasteiger partial charge < -0.3 is 0 Å². The molecule has 0 bridgehead atoms. The van der Waals surface area contributed by atoms with Gasteiger partial charge in [0.05, 0.1) is 22.3 Å². The molecule has 0 aromatic heterocycles. The van der Waals surface area contributed by atoms with Crippen LogP contribution in [-0.4, -0.2) is 9.52 Å². The molecule has 6 rings (SSSR count). The molecule has 0 fully saturated rings. The van der Waals surface area contributed by atoms with Crippen LogP contribution in [0.5, 0.6) is 0 Å². The average Bonchev–Trinajstić information content (AvgIpc) is 3.76. The summed E-state index contributed by atoms with van der Waals surface area (Å²) in [7, 11) is -1.05. The lowest BCUT2D eigenvalue weighted by Crippen LogP contribution is -2.13. The quantitative estimate of drug-likeness (QED) is 0.0981. The highest BCUT2D eigenvalue weighted by molar-refractivity contribution is 6.36. The zero-order chi connectivity index (χ0) is 46.7. The first-order chi connectivity index (χ1) is 29.2. The molecule has 340 valence electrons. The van der Waals surface area contributed by atoms with E-state index in [1.165, 1.54) is 0 Å². The fourth-order valence-corrected chi connectivity index (χ4v) is 11.9. The summed E-state index contributed by atoms with van der Waals surface area (Å²) in [6, 6.07) is 12.5. The van der Waals surface area contributed by atoms with E-state index in [1.807, 2.05) is 78.0 Å². The number of hydrogen-bond donors (Lipinski definition) is 0. The first kappa shape index (κ1) is 48.2. The van der Waals surface area contributed by atoms with Crippen LogP contribution in [0.25, 0.3) is 34.4 Å². The Morgan fingerprint density at radius 3 is 1.02 bits per heavy atom. The van der Waals surface area contributed by atoms with Gasteiger partial charge in [0, 0.05) is 21.4 Å². The third-order valence-electron chi connectivity index (χ3n) is 13.1. The number of allylic oxidation sites excluding steroid dienone is 2. The summed E-state index contributed by atoms with van der Waals surface area (Å²) in [6.07, 6.45) is -14.6. The fourth-order valence-electron chi connectivity index (χ4n) is 9.54. The molecule has 4 unspecified atom stereocenters. The molecule has 0 amide bonds. The van der Waals surface area contributed by atoms with E-state index in [4.69, 9.17) is 0 Å². The smallest absolute Gasteiger partial charge is 0.166 e. The van der Waals surface area contributed by atoms with E-state index in [0.717, 1.165) is 71.5 Å². The maximum Gasteiger partial charge on any atom is 0.416 e. The monoisotopic (exact) mass is 908 g/mol. The first-order valence-electron chi connectivity index (χ1n) is 21.5. The lowest BCUT2D eigenvalue weighted by atomic mass is 9.84. The van der Waals surface area contributed by atoms with E-state index in [9.17, 15) is 52.7 Å². The lowest BCUT2D eigenvalue weighted by Gasteiger charge is -2.25. The Bertz CT molecular complexity index is 2170. The molecule has 63 heavy (non-hydrogen) atoms. The van der Waals surface area contributed by atoms with Crippen LogP contribution < -0.4 is 0 Å². The van der Waals surface area contributed by atoms with Crippen LogP contribution in [0, 0.1) is 11.8 Å². The van der Waals surface area contributed by atoms with Gasteiger partial charge in [0.1, 0.15) is 0 Å². The van der Waals surface area contributed by atoms with Crippen LogP contribution in [-0.2, 0) is 24.7 Å². The van der Waals surface area contributed by atoms with Gasteiger partial charge >= 0.3 is 24.7 Å². The summed E-state index contributed by atoms with van der Waals surface area (Å²) in [5.41, 5.74) is 1.20. The molecule has 0 radical (unpaired) electrons. The summed E-state index contributed by atoms with van der Waals surface area (Å²) in [6.45, 7) is 15.6. The van der Waals surface area contributed by atoms with Crippen molar-refractivity contribution in [1.29, 1.82) is 0 Å². The summed E-state index contributed by atoms with van der Waals surface area (Å²) in [5.74, 6) is -0.644. The molecule has 0 N–H and O–H groups in total. The highest BCUT2D eigenvalue weighted by Crippen LogP contribution is 2.53. The van der Waals surface area contributed by atoms with Gasteiger partial charge in [-0.2, -0.15) is 52.7 Å². The molecule has 0 aliphatic heterocycles. The number of hydrogen-bond acceptors (Lipinski definition) is 0. The molecule has 4 aromatic rings. The van der Waals surface area contributed by atoms with E-state index in [1.54, 1.807) is 0 Å². The van der Waals surface area contributed by atoms with Crippen molar-refractivity contribution in [2.45, 2.75) is 129 Å². The van der Waals surface area contributed by atoms with Crippen molar-refractivity contribution in [3.8, 4) is 22.3 Å². The number of fused-ring (bicyclic) bond motifs is 2. The topological polar surface area (TPSA) is 0 Å². The number of benzene rings is 4. The molecule has 0 heterocycles. The van der Waals surface area contributed by atoms with E-state index < -0.39 is 56.5 Å². The Hall–Kier alpha value is -4.26. The van der Waals surface area contributed by atoms with Crippen LogP contribution in [0.1, 0.15) is 148 Å². The van der Waals surface area contributed by atoms with Crippen molar-refractivity contribution >= 4 is 21.7 Å². The van der Waals surface area contributed by atoms with Gasteiger partial charge in [0.2, 0.25) is 0 Å². The predicted molar refractivity (Wildman–Crippen MR) is 230 cm³/mol. The maximum atomic E-state index is 14.1. The maximum absolute atomic E-state index is 14.1. The van der Waals surface area contributed by atoms with Crippen LogP contribution in [0.3, 0.4) is 0 Å². The third-order valence-corrected chi connectivity index (χ3v) is 15.1. The molecular weight excluding hydrogens is 857 g/mol. The SMILES string of the molecule is CCC(C)C1=Cc2c(ccc(C(C)C)c2-c2cc(C(F)(F)F)cc(C(F)(F)F)c2)C1C[SiH2]CC1C(C(C)CC)=Cc2c1ccc(C(C)C)c2-c1cc(C(F)(F)F)cc(C(F)(F)F)c1. The Balaban J connectivity index is 1.44. The van der Waals surface area contributed by atoms with E-state index >= 15 is 0 Å². The van der Waals surface area contributed by atoms with E-state index in [2.05, 4.69) is 13.8 Å². The van der Waals surface area contributed by atoms with Crippen molar-refractivity contribution < 1.29 is 52.7 Å². The standard InChI is InChI=1S/C50H52F12Si/c1-9-27(7)39-21-41-37(13-11-35(25(3)4)45(41)29-15-31(47(51,52)53)19-32(16-29)48(54,55)56)43(39)23-63-24-44-38-14-12-36(26(5)6)46(42(38)22-40(44)28(8)10-2)30-17-33(49(57,58)59)20-34(18-30)50(60,61)62/h11-22,25-28,43-44H,9-10,23-24,63H2,1-8H3. The van der Waals surface area contributed by atoms with Gasteiger partial charge in [0.15, 0.2) is 0 Å². The third kappa shape index (κ3) is 9.74. The van der Waals surface area contributed by atoms with Crippen molar-refractivity contribution in [3.63, 3.8) is 0 Å². The van der Waals surface area contributed by atoms with Gasteiger partial charge in [-0.25, -0.2) is 0 Å². The van der Waals surface area contributed by atoms with Gasteiger partial charge in [-0.15, -0.1) is 0 Å². The Kier molecular flexibility index (Phi) is 13.5. The second-order valence-electron chi connectivity index (χ2n) is 17.9. The minimum Gasteiger partial charge on any atom is -0.166 e. The molecule has 13 heteroatoms. The van der Waals surface area contributed by atoms with Gasteiger partial charge in [-0.1, -0.05) is 115 Å². The minimum atomic E-state index is -5.02. The summed E-state index contributed by atoms with van der Waals surface area (Å²) < 4.78 is 170. The zero-order valence-electron chi connectivity index (χ0n) is 36.5. The fraction of sp³-hybridized carbons (Fsp3) is 0.440. The largest absolute Gasteiger partial charge is 0.416 e. The van der Waals surface area contributed by atoms with Crippen molar-refractivity contribution in [2.24, 2.45) is 11.8 Å². The highest BCUT2D eigenvalue weighted by atomic mass is 28.2. The molecule has 0 spiro atoms. The molecule has 2 aliphatic carbocycles. The highest BCUT2D eigenvalue weighted by Gasteiger charge is 2.41. The molecular formula is C50H52F12Si. The second kappa shape index (κ2) is 17.6. The average molecular weight is 909 g/mol. The molecule has 4 atom stereocenters. The van der Waals surface area contributed by atoms with E-state index in [-0.39, 0.29) is 58.8 Å². The summed E-state index contributed by atoms with van der Waals surface area (Å²) in [5, 5.41) is 0. The Labute approximate surface area is 363 Å². The number of rotatable bonds is 12. The molecule has 0 saturated heterocycles. The zero-order valence-corrected chi connectivity index (χ0v) is 37.9. The van der Waals surface area contributed by atoms with Crippen LogP contribution in [0.15, 0.2) is 71.8 Å². The molecule has 0 nitrogen and oxygen atoms in total. The van der Waals surface area contributed by atoms with Gasteiger partial charge in [-0.05, 0) is 129 Å². The van der Waals surface area contributed by atoms with Crippen molar-refractivity contribution in [3.05, 3.63) is 127 Å². The summed E-state index contributed by atoms with van der Waals surface area (Å²) in [4.78, 5) is 0. The van der Waals surface area contributed by atoms with E-state index in [0.29, 0.717) is 33.4 Å². The Morgan fingerprint density at radius 1 is 0.460 bits per heavy atom. The number of halogens is 12. The number of alkyl halides is 12. The normalized spacial score (nSPS) is 18.1.